The lowest BCUT2D eigenvalue weighted by molar-refractivity contribution is -0.137. The van der Waals surface area contributed by atoms with E-state index in [2.05, 4.69) is 23.3 Å². The van der Waals surface area contributed by atoms with Crippen molar-refractivity contribution >= 4 is 17.5 Å². The molecule has 1 aliphatic heterocycles. The fourth-order valence-corrected chi connectivity index (χ4v) is 3.93. The largest absolute Gasteiger partial charge is 0.343 e. The number of aryl methyl sites for hydroxylation is 1. The minimum Gasteiger partial charge on any atom is -0.343 e. The van der Waals surface area contributed by atoms with E-state index in [1.807, 2.05) is 36.9 Å². The minimum absolute atomic E-state index is 0.0370. The molecule has 0 aromatic heterocycles. The number of anilines is 1. The number of benzene rings is 1. The fourth-order valence-electron chi connectivity index (χ4n) is 3.93. The van der Waals surface area contributed by atoms with Crippen LogP contribution in [0.15, 0.2) is 24.3 Å². The van der Waals surface area contributed by atoms with Crippen LogP contribution in [0.2, 0.25) is 0 Å². The molecule has 0 radical (unpaired) electrons. The van der Waals surface area contributed by atoms with Crippen LogP contribution in [0, 0.1) is 5.92 Å². The smallest absolute Gasteiger partial charge is 0.226 e. The van der Waals surface area contributed by atoms with Crippen LogP contribution in [-0.4, -0.2) is 54.3 Å². The Balaban J connectivity index is 1.91. The number of nitrogens with zero attached hydrogens (tertiary/aromatic N) is 2. The van der Waals surface area contributed by atoms with E-state index in [9.17, 15) is 9.59 Å². The van der Waals surface area contributed by atoms with Gasteiger partial charge in [0, 0.05) is 38.3 Å². The maximum absolute atomic E-state index is 12.6. The minimum atomic E-state index is -0.0370. The molecule has 0 saturated carbocycles. The average molecular weight is 360 g/mol. The van der Waals surface area contributed by atoms with E-state index < -0.39 is 0 Å². The van der Waals surface area contributed by atoms with Gasteiger partial charge in [-0.1, -0.05) is 18.2 Å². The molecule has 26 heavy (non-hydrogen) atoms. The third kappa shape index (κ3) is 5.31. The molecular formula is C21H33N3O2. The maximum atomic E-state index is 12.6. The highest BCUT2D eigenvalue weighted by atomic mass is 16.2. The van der Waals surface area contributed by atoms with Crippen molar-refractivity contribution in [3.8, 4) is 0 Å². The highest BCUT2D eigenvalue weighted by Gasteiger charge is 2.31. The quantitative estimate of drug-likeness (QED) is 0.814. The summed E-state index contributed by atoms with van der Waals surface area (Å²) in [5, 5.41) is 2.92. The Morgan fingerprint density at radius 1 is 1.19 bits per heavy atom. The van der Waals surface area contributed by atoms with Crippen molar-refractivity contribution in [1.29, 1.82) is 0 Å². The molecule has 144 valence electrons. The van der Waals surface area contributed by atoms with E-state index in [4.69, 9.17) is 0 Å². The first-order chi connectivity index (χ1) is 12.5. The lowest BCUT2D eigenvalue weighted by atomic mass is 9.89. The van der Waals surface area contributed by atoms with Crippen LogP contribution in [0.5, 0.6) is 0 Å². The van der Waals surface area contributed by atoms with Gasteiger partial charge in [-0.25, -0.2) is 0 Å². The summed E-state index contributed by atoms with van der Waals surface area (Å²) in [6, 6.07) is 8.50. The molecule has 2 amide bonds. The van der Waals surface area contributed by atoms with Crippen molar-refractivity contribution in [2.45, 2.75) is 52.5 Å². The molecule has 1 aliphatic rings. The zero-order valence-corrected chi connectivity index (χ0v) is 16.6. The molecule has 1 aromatic carbocycles. The lowest BCUT2D eigenvalue weighted by Crippen LogP contribution is -2.47. The van der Waals surface area contributed by atoms with Gasteiger partial charge in [-0.05, 0) is 58.2 Å². The Kier molecular flexibility index (Phi) is 7.64. The van der Waals surface area contributed by atoms with E-state index in [0.717, 1.165) is 51.0 Å². The fraction of sp³-hybridized carbons (Fsp3) is 0.619. The second-order valence-corrected chi connectivity index (χ2v) is 7.26. The van der Waals surface area contributed by atoms with Gasteiger partial charge >= 0.3 is 0 Å². The number of carbonyl (C=O) groups excluding carboxylic acids is 2. The zero-order valence-electron chi connectivity index (χ0n) is 16.6. The van der Waals surface area contributed by atoms with Gasteiger partial charge in [-0.3, -0.25) is 9.59 Å². The van der Waals surface area contributed by atoms with Crippen LogP contribution < -0.4 is 5.32 Å². The van der Waals surface area contributed by atoms with Crippen molar-refractivity contribution < 1.29 is 9.59 Å². The molecule has 0 bridgehead atoms. The molecule has 1 fully saturated rings. The van der Waals surface area contributed by atoms with Crippen LogP contribution in [0.1, 0.15) is 45.6 Å². The molecule has 0 spiro atoms. The van der Waals surface area contributed by atoms with E-state index in [0.29, 0.717) is 11.9 Å². The monoisotopic (exact) mass is 359 g/mol. The predicted molar refractivity (Wildman–Crippen MR) is 106 cm³/mol. The summed E-state index contributed by atoms with van der Waals surface area (Å²) < 4.78 is 0. The normalized spacial score (nSPS) is 20.6. The molecular weight excluding hydrogens is 326 g/mol. The number of rotatable bonds is 7. The lowest BCUT2D eigenvalue weighted by Gasteiger charge is -2.38. The molecule has 2 unspecified atom stereocenters. The number of amides is 2. The predicted octanol–water partition coefficient (Wildman–Crippen LogP) is 3.16. The van der Waals surface area contributed by atoms with Gasteiger partial charge in [0.15, 0.2) is 0 Å². The van der Waals surface area contributed by atoms with E-state index in [-0.39, 0.29) is 11.8 Å². The molecule has 2 atom stereocenters. The summed E-state index contributed by atoms with van der Waals surface area (Å²) in [4.78, 5) is 28.3. The van der Waals surface area contributed by atoms with Gasteiger partial charge in [-0.15, -0.1) is 0 Å². The molecule has 1 N–H and O–H groups in total. The molecule has 5 heteroatoms. The van der Waals surface area contributed by atoms with Crippen molar-refractivity contribution in [1.82, 2.24) is 9.80 Å². The number of hydrogen-bond donors (Lipinski definition) is 1. The van der Waals surface area contributed by atoms with E-state index >= 15 is 0 Å². The first kappa shape index (κ1) is 20.4. The Hall–Kier alpha value is -1.88. The van der Waals surface area contributed by atoms with Gasteiger partial charge in [0.1, 0.15) is 0 Å². The van der Waals surface area contributed by atoms with Gasteiger partial charge in [0.25, 0.3) is 0 Å². The first-order valence-electron chi connectivity index (χ1n) is 9.80. The van der Waals surface area contributed by atoms with Crippen LogP contribution in [0.25, 0.3) is 0 Å². The molecule has 2 rings (SSSR count). The second kappa shape index (κ2) is 9.72. The Bertz CT molecular complexity index is 613. The van der Waals surface area contributed by atoms with Crippen LogP contribution in [0.3, 0.4) is 0 Å². The highest BCUT2D eigenvalue weighted by molar-refractivity contribution is 5.89. The molecule has 1 heterocycles. The highest BCUT2D eigenvalue weighted by Crippen LogP contribution is 2.26. The number of para-hydroxylation sites is 1. The number of hydrogen-bond acceptors (Lipinski definition) is 3. The zero-order chi connectivity index (χ0) is 19.1. The number of carbonyl (C=O) groups is 2. The van der Waals surface area contributed by atoms with E-state index in [1.54, 1.807) is 6.92 Å². The third-order valence-electron chi connectivity index (χ3n) is 5.48. The number of piperidine rings is 1. The Labute approximate surface area is 157 Å². The maximum Gasteiger partial charge on any atom is 0.226 e. The van der Waals surface area contributed by atoms with Gasteiger partial charge < -0.3 is 15.1 Å². The summed E-state index contributed by atoms with van der Waals surface area (Å²) in [5.41, 5.74) is 2.09. The number of likely N-dealkylation sites (tertiary alicyclic amines) is 1. The van der Waals surface area contributed by atoms with Gasteiger partial charge in [-0.2, -0.15) is 0 Å². The van der Waals surface area contributed by atoms with Crippen molar-refractivity contribution in [3.63, 3.8) is 0 Å². The summed E-state index contributed by atoms with van der Waals surface area (Å²) in [5.74, 6) is 0.393. The topological polar surface area (TPSA) is 52.7 Å². The molecule has 5 nitrogen and oxygen atoms in total. The molecule has 0 aliphatic carbocycles. The van der Waals surface area contributed by atoms with Crippen molar-refractivity contribution in [3.05, 3.63) is 29.8 Å². The average Bonchev–Trinajstić information content (AvgIpc) is 2.62. The summed E-state index contributed by atoms with van der Waals surface area (Å²) in [6.07, 6.45) is 3.99. The SMILES string of the molecule is CCN(CC)C(=O)C1CCC(CCc2ccccc2NC(C)=O)N(C)C1. The van der Waals surface area contributed by atoms with Crippen molar-refractivity contribution in [2.24, 2.45) is 5.92 Å². The van der Waals surface area contributed by atoms with Gasteiger partial charge in [0.05, 0.1) is 5.92 Å². The van der Waals surface area contributed by atoms with Crippen LogP contribution in [0.4, 0.5) is 5.69 Å². The summed E-state index contributed by atoms with van der Waals surface area (Å²) in [7, 11) is 2.13. The first-order valence-corrected chi connectivity index (χ1v) is 9.80. The summed E-state index contributed by atoms with van der Waals surface area (Å²) >= 11 is 0. The second-order valence-electron chi connectivity index (χ2n) is 7.26. The van der Waals surface area contributed by atoms with E-state index in [1.165, 1.54) is 5.56 Å². The van der Waals surface area contributed by atoms with Gasteiger partial charge in [0.2, 0.25) is 11.8 Å². The molecule has 1 saturated heterocycles. The number of nitrogens with one attached hydrogen (secondary N) is 1. The Morgan fingerprint density at radius 2 is 1.88 bits per heavy atom. The van der Waals surface area contributed by atoms with Crippen LogP contribution >= 0.6 is 0 Å². The third-order valence-corrected chi connectivity index (χ3v) is 5.48. The molecule has 1 aromatic rings. The summed E-state index contributed by atoms with van der Waals surface area (Å²) in [6.45, 7) is 8.05. The van der Waals surface area contributed by atoms with Crippen molar-refractivity contribution in [2.75, 3.05) is 32.0 Å². The Morgan fingerprint density at radius 3 is 2.50 bits per heavy atom. The van der Waals surface area contributed by atoms with Crippen LogP contribution in [-0.2, 0) is 16.0 Å². The standard InChI is InChI=1S/C21H33N3O2/c1-5-24(6-2)21(26)18-12-14-19(23(4)15-18)13-11-17-9-7-8-10-20(17)22-16(3)25/h7-10,18-19H,5-6,11-15H2,1-4H3,(H,22,25).